The summed E-state index contributed by atoms with van der Waals surface area (Å²) < 4.78 is 5.55. The van der Waals surface area contributed by atoms with Gasteiger partial charge in [0, 0.05) is 24.5 Å². The Hall–Kier alpha value is -2.69. The summed E-state index contributed by atoms with van der Waals surface area (Å²) in [5.74, 6) is 0.799. The number of hydrogen-bond acceptors (Lipinski definition) is 3. The van der Waals surface area contributed by atoms with Crippen LogP contribution in [0.1, 0.15) is 19.4 Å². The lowest BCUT2D eigenvalue weighted by Gasteiger charge is -2.22. The number of benzene rings is 2. The van der Waals surface area contributed by atoms with Gasteiger partial charge in [-0.1, -0.05) is 18.2 Å². The lowest BCUT2D eigenvalue weighted by Crippen LogP contribution is -2.32. The molecule has 0 spiro atoms. The number of aryl methyl sites for hydroxylation is 1. The maximum atomic E-state index is 12.0. The molecule has 5 nitrogen and oxygen atoms in total. The third-order valence-electron chi connectivity index (χ3n) is 3.99. The van der Waals surface area contributed by atoms with E-state index < -0.39 is 0 Å². The summed E-state index contributed by atoms with van der Waals surface area (Å²) >= 11 is 0. The van der Waals surface area contributed by atoms with Crippen molar-refractivity contribution < 1.29 is 9.53 Å². The van der Waals surface area contributed by atoms with Crippen molar-refractivity contribution in [1.82, 2.24) is 5.32 Å². The molecule has 0 aromatic heterocycles. The number of rotatable bonds is 8. The number of urea groups is 1. The van der Waals surface area contributed by atoms with E-state index >= 15 is 0 Å². The van der Waals surface area contributed by atoms with E-state index in [-0.39, 0.29) is 6.03 Å². The molecule has 2 N–H and O–H groups in total. The molecule has 0 aliphatic rings. The van der Waals surface area contributed by atoms with Crippen LogP contribution in [0, 0.1) is 6.92 Å². The largest absolute Gasteiger partial charge is 0.492 e. The minimum Gasteiger partial charge on any atom is -0.492 e. The summed E-state index contributed by atoms with van der Waals surface area (Å²) in [6.45, 7) is 9.07. The molecule has 5 heteroatoms. The van der Waals surface area contributed by atoms with E-state index in [1.807, 2.05) is 49.4 Å². The molecule has 0 atom stereocenters. The van der Waals surface area contributed by atoms with Gasteiger partial charge in [-0.3, -0.25) is 0 Å². The predicted octanol–water partition coefficient (Wildman–Crippen LogP) is 4.04. The van der Waals surface area contributed by atoms with E-state index in [1.54, 1.807) is 0 Å². The molecule has 0 aliphatic carbocycles. The van der Waals surface area contributed by atoms with Crippen LogP contribution in [-0.2, 0) is 0 Å². The molecule has 0 saturated carbocycles. The first-order valence-electron chi connectivity index (χ1n) is 8.72. The van der Waals surface area contributed by atoms with Crippen LogP contribution in [0.25, 0.3) is 0 Å². The van der Waals surface area contributed by atoms with Crippen LogP contribution in [-0.4, -0.2) is 32.3 Å². The molecule has 0 fully saturated rings. The fourth-order valence-electron chi connectivity index (χ4n) is 2.59. The highest BCUT2D eigenvalue weighted by atomic mass is 16.5. The van der Waals surface area contributed by atoms with Crippen LogP contribution in [0.4, 0.5) is 16.2 Å². The highest BCUT2D eigenvalue weighted by molar-refractivity contribution is 5.90. The van der Waals surface area contributed by atoms with Gasteiger partial charge in [0.1, 0.15) is 12.4 Å². The Balaban J connectivity index is 1.80. The zero-order valence-electron chi connectivity index (χ0n) is 15.2. The smallest absolute Gasteiger partial charge is 0.319 e. The van der Waals surface area contributed by atoms with Gasteiger partial charge < -0.3 is 20.3 Å². The zero-order chi connectivity index (χ0) is 18.1. The average molecular weight is 341 g/mol. The Bertz CT molecular complexity index is 670. The van der Waals surface area contributed by atoms with Gasteiger partial charge in [0.15, 0.2) is 0 Å². The van der Waals surface area contributed by atoms with E-state index in [4.69, 9.17) is 4.74 Å². The van der Waals surface area contributed by atoms with Crippen molar-refractivity contribution in [2.75, 3.05) is 36.5 Å². The van der Waals surface area contributed by atoms with Crippen molar-refractivity contribution in [3.8, 4) is 5.75 Å². The van der Waals surface area contributed by atoms with Crippen LogP contribution >= 0.6 is 0 Å². The molecule has 2 amide bonds. The highest BCUT2D eigenvalue weighted by Gasteiger charge is 2.07. The SMILES string of the molecule is CCN(CC)c1ccc(NC(=O)NCCOc2ccccc2)c(C)c1. The first-order chi connectivity index (χ1) is 12.1. The second kappa shape index (κ2) is 9.57. The number of ether oxygens (including phenoxy) is 1. The van der Waals surface area contributed by atoms with E-state index in [1.165, 1.54) is 5.69 Å². The predicted molar refractivity (Wildman–Crippen MR) is 104 cm³/mol. The fraction of sp³-hybridized carbons (Fsp3) is 0.350. The van der Waals surface area contributed by atoms with Gasteiger partial charge in [-0.2, -0.15) is 0 Å². The molecule has 2 rings (SSSR count). The van der Waals surface area contributed by atoms with Crippen LogP contribution in [0.3, 0.4) is 0 Å². The highest BCUT2D eigenvalue weighted by Crippen LogP contribution is 2.22. The third kappa shape index (κ3) is 5.71. The lowest BCUT2D eigenvalue weighted by molar-refractivity contribution is 0.247. The van der Waals surface area contributed by atoms with Gasteiger partial charge in [-0.05, 0) is 56.7 Å². The van der Waals surface area contributed by atoms with Crippen molar-refractivity contribution in [2.24, 2.45) is 0 Å². The van der Waals surface area contributed by atoms with Crippen molar-refractivity contribution in [3.05, 3.63) is 54.1 Å². The van der Waals surface area contributed by atoms with Crippen molar-refractivity contribution in [1.29, 1.82) is 0 Å². The van der Waals surface area contributed by atoms with Crippen LogP contribution in [0.2, 0.25) is 0 Å². The summed E-state index contributed by atoms with van der Waals surface area (Å²) in [6, 6.07) is 15.4. The number of carbonyl (C=O) groups is 1. The normalized spacial score (nSPS) is 10.2. The van der Waals surface area contributed by atoms with Gasteiger partial charge >= 0.3 is 6.03 Å². The molecule has 25 heavy (non-hydrogen) atoms. The summed E-state index contributed by atoms with van der Waals surface area (Å²) in [7, 11) is 0. The number of amides is 2. The van der Waals surface area contributed by atoms with Crippen LogP contribution in [0.15, 0.2) is 48.5 Å². The molecule has 0 aliphatic heterocycles. The number of hydrogen-bond donors (Lipinski definition) is 2. The number of anilines is 2. The molecule has 0 saturated heterocycles. The standard InChI is InChI=1S/C20H27N3O2/c1-4-23(5-2)17-11-12-19(16(3)15-17)22-20(24)21-13-14-25-18-9-7-6-8-10-18/h6-12,15H,4-5,13-14H2,1-3H3,(H2,21,22,24). The maximum Gasteiger partial charge on any atom is 0.319 e. The minimum absolute atomic E-state index is 0.227. The minimum atomic E-state index is -0.227. The summed E-state index contributed by atoms with van der Waals surface area (Å²) in [6.07, 6.45) is 0. The molecule has 2 aromatic carbocycles. The zero-order valence-corrected chi connectivity index (χ0v) is 15.2. The molecular formula is C20H27N3O2. The molecule has 0 bridgehead atoms. The summed E-state index contributed by atoms with van der Waals surface area (Å²) in [5, 5.41) is 5.69. The van der Waals surface area contributed by atoms with E-state index in [2.05, 4.69) is 35.4 Å². The molecule has 0 unspecified atom stereocenters. The molecular weight excluding hydrogens is 314 g/mol. The first kappa shape index (κ1) is 18.6. The number of para-hydroxylation sites is 1. The lowest BCUT2D eigenvalue weighted by atomic mass is 10.1. The monoisotopic (exact) mass is 341 g/mol. The van der Waals surface area contributed by atoms with Gasteiger partial charge in [0.05, 0.1) is 6.54 Å². The summed E-state index contributed by atoms with van der Waals surface area (Å²) in [4.78, 5) is 14.3. The number of carbonyl (C=O) groups excluding carboxylic acids is 1. The molecule has 2 aromatic rings. The molecule has 0 heterocycles. The van der Waals surface area contributed by atoms with Crippen molar-refractivity contribution in [3.63, 3.8) is 0 Å². The van der Waals surface area contributed by atoms with Gasteiger partial charge in [0.25, 0.3) is 0 Å². The van der Waals surface area contributed by atoms with E-state index in [0.29, 0.717) is 13.2 Å². The second-order valence-electron chi connectivity index (χ2n) is 5.71. The van der Waals surface area contributed by atoms with Gasteiger partial charge in [0.2, 0.25) is 0 Å². The van der Waals surface area contributed by atoms with Crippen LogP contribution < -0.4 is 20.3 Å². The Labute approximate surface area is 150 Å². The Morgan fingerprint density at radius 1 is 1.08 bits per heavy atom. The van der Waals surface area contributed by atoms with E-state index in [9.17, 15) is 4.79 Å². The molecule has 0 radical (unpaired) electrons. The first-order valence-corrected chi connectivity index (χ1v) is 8.72. The quantitative estimate of drug-likeness (QED) is 0.713. The second-order valence-corrected chi connectivity index (χ2v) is 5.71. The molecule has 134 valence electrons. The summed E-state index contributed by atoms with van der Waals surface area (Å²) in [5.41, 5.74) is 3.03. The Kier molecular flexibility index (Phi) is 7.14. The topological polar surface area (TPSA) is 53.6 Å². The Morgan fingerprint density at radius 3 is 2.44 bits per heavy atom. The van der Waals surface area contributed by atoms with Gasteiger partial charge in [-0.15, -0.1) is 0 Å². The number of nitrogens with one attached hydrogen (secondary N) is 2. The van der Waals surface area contributed by atoms with Crippen molar-refractivity contribution in [2.45, 2.75) is 20.8 Å². The third-order valence-corrected chi connectivity index (χ3v) is 3.99. The average Bonchev–Trinajstić information content (AvgIpc) is 2.63. The van der Waals surface area contributed by atoms with Crippen LogP contribution in [0.5, 0.6) is 5.75 Å². The number of nitrogens with zero attached hydrogens (tertiary/aromatic N) is 1. The Morgan fingerprint density at radius 2 is 1.80 bits per heavy atom. The van der Waals surface area contributed by atoms with Crippen molar-refractivity contribution >= 4 is 17.4 Å². The van der Waals surface area contributed by atoms with Gasteiger partial charge in [-0.25, -0.2) is 4.79 Å². The fourth-order valence-corrected chi connectivity index (χ4v) is 2.59. The maximum absolute atomic E-state index is 12.0. The van der Waals surface area contributed by atoms with E-state index in [0.717, 1.165) is 30.1 Å².